The van der Waals surface area contributed by atoms with Crippen molar-refractivity contribution < 1.29 is 14.3 Å². The Kier molecular flexibility index (Phi) is 4.98. The second-order valence-corrected chi connectivity index (χ2v) is 4.93. The fraction of sp³-hybridized carbons (Fsp3) is 0.375. The number of methoxy groups -OCH3 is 1. The summed E-state index contributed by atoms with van der Waals surface area (Å²) in [6.45, 7) is 4.28. The molecule has 1 heterocycles. The predicted octanol–water partition coefficient (Wildman–Crippen LogP) is 3.12. The third kappa shape index (κ3) is 3.62. The number of ketones is 1. The van der Waals surface area contributed by atoms with Gasteiger partial charge in [0.15, 0.2) is 11.5 Å². The number of carbonyl (C=O) groups excluding carboxylic acids is 1. The van der Waals surface area contributed by atoms with Crippen LogP contribution in [0.15, 0.2) is 36.5 Å². The van der Waals surface area contributed by atoms with Crippen LogP contribution in [0.1, 0.15) is 36.8 Å². The zero-order valence-corrected chi connectivity index (χ0v) is 12.6. The van der Waals surface area contributed by atoms with E-state index in [9.17, 15) is 4.79 Å². The number of para-hydroxylation sites is 1. The number of benzene rings is 1. The molecule has 112 valence electrons. The number of aromatic nitrogens is 2. The van der Waals surface area contributed by atoms with Gasteiger partial charge in [0.05, 0.1) is 19.9 Å². The highest BCUT2D eigenvalue weighted by atomic mass is 16.5. The van der Waals surface area contributed by atoms with E-state index in [1.165, 1.54) is 0 Å². The monoisotopic (exact) mass is 288 g/mol. The molecular weight excluding hydrogens is 268 g/mol. The zero-order valence-electron chi connectivity index (χ0n) is 12.6. The minimum absolute atomic E-state index is 0.0334. The quantitative estimate of drug-likeness (QED) is 0.735. The van der Waals surface area contributed by atoms with Gasteiger partial charge in [-0.15, -0.1) is 0 Å². The van der Waals surface area contributed by atoms with Gasteiger partial charge in [-0.05, 0) is 26.0 Å². The maximum Gasteiger partial charge on any atom is 0.188 e. The summed E-state index contributed by atoms with van der Waals surface area (Å²) in [6, 6.07) is 9.54. The van der Waals surface area contributed by atoms with Gasteiger partial charge in [-0.3, -0.25) is 9.48 Å². The molecule has 1 aromatic carbocycles. The standard InChI is InChI=1S/C16H20N2O3/c1-12(2)18-16(15(20-3)11-17-18)14(19)9-10-21-13-7-5-4-6-8-13/h4-8,11-12H,9-10H2,1-3H3. The van der Waals surface area contributed by atoms with Gasteiger partial charge < -0.3 is 9.47 Å². The average molecular weight is 288 g/mol. The summed E-state index contributed by atoms with van der Waals surface area (Å²) in [4.78, 5) is 12.4. The predicted molar refractivity (Wildman–Crippen MR) is 80.0 cm³/mol. The van der Waals surface area contributed by atoms with Crippen molar-refractivity contribution >= 4 is 5.78 Å². The Bertz CT molecular complexity index is 591. The van der Waals surface area contributed by atoms with Gasteiger partial charge in [0, 0.05) is 12.5 Å². The highest BCUT2D eigenvalue weighted by Crippen LogP contribution is 2.22. The smallest absolute Gasteiger partial charge is 0.188 e. The number of ether oxygens (including phenoxy) is 2. The molecular formula is C16H20N2O3. The van der Waals surface area contributed by atoms with E-state index in [0.717, 1.165) is 5.75 Å². The number of rotatable bonds is 7. The molecule has 21 heavy (non-hydrogen) atoms. The fourth-order valence-corrected chi connectivity index (χ4v) is 2.05. The first-order chi connectivity index (χ1) is 10.1. The number of Topliss-reactive ketones (excluding diaryl/α,β-unsaturated/α-hetero) is 1. The molecule has 1 aromatic heterocycles. The molecule has 5 nitrogen and oxygen atoms in total. The number of carbonyl (C=O) groups is 1. The second-order valence-electron chi connectivity index (χ2n) is 4.93. The molecule has 0 aliphatic heterocycles. The minimum atomic E-state index is -0.0334. The third-order valence-electron chi connectivity index (χ3n) is 3.08. The Hall–Kier alpha value is -2.30. The van der Waals surface area contributed by atoms with Crippen molar-refractivity contribution in [1.29, 1.82) is 0 Å². The molecule has 0 unspecified atom stereocenters. The second kappa shape index (κ2) is 6.92. The van der Waals surface area contributed by atoms with Crippen LogP contribution in [0.3, 0.4) is 0 Å². The molecule has 0 radical (unpaired) electrons. The Labute approximate surface area is 124 Å². The minimum Gasteiger partial charge on any atom is -0.493 e. The summed E-state index contributed by atoms with van der Waals surface area (Å²) in [7, 11) is 1.54. The van der Waals surface area contributed by atoms with Gasteiger partial charge in [-0.1, -0.05) is 18.2 Å². The molecule has 0 atom stereocenters. The van der Waals surface area contributed by atoms with Gasteiger partial charge in [-0.25, -0.2) is 0 Å². The fourth-order valence-electron chi connectivity index (χ4n) is 2.05. The van der Waals surface area contributed by atoms with E-state index in [4.69, 9.17) is 9.47 Å². The molecule has 0 fully saturated rings. The van der Waals surface area contributed by atoms with Gasteiger partial charge in [0.1, 0.15) is 11.4 Å². The van der Waals surface area contributed by atoms with E-state index in [2.05, 4.69) is 5.10 Å². The van der Waals surface area contributed by atoms with Crippen molar-refractivity contribution in [2.75, 3.05) is 13.7 Å². The Morgan fingerprint density at radius 2 is 2.00 bits per heavy atom. The van der Waals surface area contributed by atoms with Crippen LogP contribution < -0.4 is 9.47 Å². The van der Waals surface area contributed by atoms with Crippen molar-refractivity contribution in [3.05, 3.63) is 42.2 Å². The van der Waals surface area contributed by atoms with E-state index in [0.29, 0.717) is 18.1 Å². The lowest BCUT2D eigenvalue weighted by atomic mass is 10.2. The van der Waals surface area contributed by atoms with Crippen LogP contribution in [0, 0.1) is 0 Å². The van der Waals surface area contributed by atoms with Crippen molar-refractivity contribution in [1.82, 2.24) is 9.78 Å². The van der Waals surface area contributed by atoms with Crippen molar-refractivity contribution in [2.24, 2.45) is 0 Å². The maximum atomic E-state index is 12.4. The molecule has 5 heteroatoms. The first kappa shape index (κ1) is 15.1. The number of hydrogen-bond donors (Lipinski definition) is 0. The largest absolute Gasteiger partial charge is 0.493 e. The molecule has 2 rings (SSSR count). The van der Waals surface area contributed by atoms with E-state index >= 15 is 0 Å². The molecule has 0 spiro atoms. The lowest BCUT2D eigenvalue weighted by Crippen LogP contribution is -2.15. The number of hydrogen-bond acceptors (Lipinski definition) is 4. The molecule has 0 amide bonds. The molecule has 0 bridgehead atoms. The van der Waals surface area contributed by atoms with E-state index in [1.54, 1.807) is 18.0 Å². The molecule has 0 N–H and O–H groups in total. The van der Waals surface area contributed by atoms with Crippen LogP contribution in [0.5, 0.6) is 11.5 Å². The van der Waals surface area contributed by atoms with E-state index < -0.39 is 0 Å². The molecule has 0 aliphatic rings. The topological polar surface area (TPSA) is 53.4 Å². The summed E-state index contributed by atoms with van der Waals surface area (Å²) in [5, 5.41) is 4.20. The summed E-state index contributed by atoms with van der Waals surface area (Å²) in [6.07, 6.45) is 1.86. The van der Waals surface area contributed by atoms with Crippen LogP contribution in [0.4, 0.5) is 0 Å². The first-order valence-electron chi connectivity index (χ1n) is 6.96. The maximum absolute atomic E-state index is 12.4. The third-order valence-corrected chi connectivity index (χ3v) is 3.08. The average Bonchev–Trinajstić information content (AvgIpc) is 2.92. The van der Waals surface area contributed by atoms with Crippen LogP contribution >= 0.6 is 0 Å². The summed E-state index contributed by atoms with van der Waals surface area (Å²) >= 11 is 0. The molecule has 0 saturated heterocycles. The van der Waals surface area contributed by atoms with Crippen LogP contribution in [0.2, 0.25) is 0 Å². The highest BCUT2D eigenvalue weighted by molar-refractivity contribution is 5.97. The molecule has 2 aromatic rings. The van der Waals surface area contributed by atoms with Gasteiger partial charge in [0.25, 0.3) is 0 Å². The van der Waals surface area contributed by atoms with E-state index in [-0.39, 0.29) is 18.2 Å². The molecule has 0 saturated carbocycles. The molecule has 0 aliphatic carbocycles. The SMILES string of the molecule is COc1cnn(C(C)C)c1C(=O)CCOc1ccccc1. The zero-order chi connectivity index (χ0) is 15.2. The van der Waals surface area contributed by atoms with Gasteiger partial charge >= 0.3 is 0 Å². The number of nitrogens with zero attached hydrogens (tertiary/aromatic N) is 2. The summed E-state index contributed by atoms with van der Waals surface area (Å²) in [5.41, 5.74) is 0.504. The normalized spacial score (nSPS) is 10.7. The Balaban J connectivity index is 2.01. The highest BCUT2D eigenvalue weighted by Gasteiger charge is 2.20. The lowest BCUT2D eigenvalue weighted by Gasteiger charge is -2.11. The van der Waals surface area contributed by atoms with Crippen LogP contribution in [0.25, 0.3) is 0 Å². The Morgan fingerprint density at radius 3 is 2.62 bits per heavy atom. The van der Waals surface area contributed by atoms with Crippen LogP contribution in [-0.2, 0) is 0 Å². The van der Waals surface area contributed by atoms with E-state index in [1.807, 2.05) is 44.2 Å². The van der Waals surface area contributed by atoms with Gasteiger partial charge in [-0.2, -0.15) is 5.10 Å². The van der Waals surface area contributed by atoms with Crippen molar-refractivity contribution in [3.8, 4) is 11.5 Å². The summed E-state index contributed by atoms with van der Waals surface area (Å²) < 4.78 is 12.5. The Morgan fingerprint density at radius 1 is 1.29 bits per heavy atom. The summed E-state index contributed by atoms with van der Waals surface area (Å²) in [5.74, 6) is 1.23. The van der Waals surface area contributed by atoms with Gasteiger partial charge in [0.2, 0.25) is 0 Å². The lowest BCUT2D eigenvalue weighted by molar-refractivity contribution is 0.0946. The van der Waals surface area contributed by atoms with Crippen molar-refractivity contribution in [3.63, 3.8) is 0 Å². The van der Waals surface area contributed by atoms with Crippen LogP contribution in [-0.4, -0.2) is 29.3 Å². The first-order valence-corrected chi connectivity index (χ1v) is 6.96. The van der Waals surface area contributed by atoms with Crippen molar-refractivity contribution in [2.45, 2.75) is 26.3 Å².